The number of anilines is 1. The Morgan fingerprint density at radius 2 is 1.61 bits per heavy atom. The van der Waals surface area contributed by atoms with Gasteiger partial charge in [-0.25, -0.2) is 0 Å². The Bertz CT molecular complexity index is 672. The first-order valence-corrected chi connectivity index (χ1v) is 6.00. The van der Waals surface area contributed by atoms with Gasteiger partial charge in [-0.15, -0.1) is 0 Å². The summed E-state index contributed by atoms with van der Waals surface area (Å²) in [5.41, 5.74) is 9.83. The highest BCUT2D eigenvalue weighted by Crippen LogP contribution is 2.15. The van der Waals surface area contributed by atoms with Crippen molar-refractivity contribution in [3.63, 3.8) is 0 Å². The van der Waals surface area contributed by atoms with Gasteiger partial charge >= 0.3 is 0 Å². The van der Waals surface area contributed by atoms with E-state index < -0.39 is 0 Å². The topological polar surface area (TPSA) is 38.9 Å². The molecule has 0 aliphatic carbocycles. The van der Waals surface area contributed by atoms with Crippen molar-refractivity contribution in [2.45, 2.75) is 6.42 Å². The first-order chi connectivity index (χ1) is 8.81. The summed E-state index contributed by atoms with van der Waals surface area (Å²) in [4.78, 5) is 4.66. The third-order valence-corrected chi connectivity index (χ3v) is 3.02. The van der Waals surface area contributed by atoms with Crippen molar-refractivity contribution in [1.82, 2.24) is 4.98 Å². The molecule has 3 rings (SSSR count). The highest BCUT2D eigenvalue weighted by Gasteiger charge is 1.99. The summed E-state index contributed by atoms with van der Waals surface area (Å²) in [6.45, 7) is 0. The smallest absolute Gasteiger partial charge is 0.0705 e. The lowest BCUT2D eigenvalue weighted by Gasteiger charge is -2.04. The van der Waals surface area contributed by atoms with Gasteiger partial charge in [-0.05, 0) is 29.8 Å². The van der Waals surface area contributed by atoms with Gasteiger partial charge in [0.15, 0.2) is 0 Å². The quantitative estimate of drug-likeness (QED) is 0.690. The van der Waals surface area contributed by atoms with Crippen LogP contribution in [0.5, 0.6) is 0 Å². The zero-order valence-electron chi connectivity index (χ0n) is 10.0. The zero-order chi connectivity index (χ0) is 12.4. The molecule has 2 nitrogen and oxygen atoms in total. The standard InChI is InChI=1S/C16H14N2/c17-14-8-5-12(6-9-14)11-15-10-7-13-3-1-2-4-16(13)18-15/h1-10H,11,17H2. The van der Waals surface area contributed by atoms with Gasteiger partial charge in [0.2, 0.25) is 0 Å². The lowest BCUT2D eigenvalue weighted by Crippen LogP contribution is -1.93. The van der Waals surface area contributed by atoms with Crippen molar-refractivity contribution in [2.24, 2.45) is 0 Å². The molecule has 1 aromatic heterocycles. The first kappa shape index (κ1) is 10.8. The monoisotopic (exact) mass is 234 g/mol. The summed E-state index contributed by atoms with van der Waals surface area (Å²) in [7, 11) is 0. The first-order valence-electron chi connectivity index (χ1n) is 6.00. The van der Waals surface area contributed by atoms with Crippen LogP contribution in [0.2, 0.25) is 0 Å². The average molecular weight is 234 g/mol. The van der Waals surface area contributed by atoms with Gasteiger partial charge in [0, 0.05) is 23.2 Å². The number of nitrogens with two attached hydrogens (primary N) is 1. The summed E-state index contributed by atoms with van der Waals surface area (Å²) in [5.74, 6) is 0. The molecule has 2 N–H and O–H groups in total. The van der Waals surface area contributed by atoms with E-state index in [1.165, 1.54) is 10.9 Å². The van der Waals surface area contributed by atoms with E-state index in [2.05, 4.69) is 23.2 Å². The number of pyridine rings is 1. The SMILES string of the molecule is Nc1ccc(Cc2ccc3ccccc3n2)cc1. The molecule has 0 aliphatic rings. The van der Waals surface area contributed by atoms with Crippen LogP contribution in [0.3, 0.4) is 0 Å². The number of hydrogen-bond acceptors (Lipinski definition) is 2. The third-order valence-electron chi connectivity index (χ3n) is 3.02. The van der Waals surface area contributed by atoms with E-state index in [1.807, 2.05) is 42.5 Å². The van der Waals surface area contributed by atoms with Crippen molar-refractivity contribution in [1.29, 1.82) is 0 Å². The Balaban J connectivity index is 1.92. The van der Waals surface area contributed by atoms with Crippen LogP contribution in [0.4, 0.5) is 5.69 Å². The van der Waals surface area contributed by atoms with Crippen molar-refractivity contribution >= 4 is 16.6 Å². The second kappa shape index (κ2) is 4.49. The number of nitrogen functional groups attached to an aromatic ring is 1. The van der Waals surface area contributed by atoms with Crippen molar-refractivity contribution in [2.75, 3.05) is 5.73 Å². The second-order valence-corrected chi connectivity index (χ2v) is 4.41. The molecule has 18 heavy (non-hydrogen) atoms. The number of rotatable bonds is 2. The minimum absolute atomic E-state index is 0.797. The maximum Gasteiger partial charge on any atom is 0.0705 e. The molecule has 0 amide bonds. The average Bonchev–Trinajstić information content (AvgIpc) is 2.41. The summed E-state index contributed by atoms with van der Waals surface area (Å²) >= 11 is 0. The van der Waals surface area contributed by atoms with Gasteiger partial charge in [-0.2, -0.15) is 0 Å². The van der Waals surface area contributed by atoms with Crippen LogP contribution in [0.25, 0.3) is 10.9 Å². The molecule has 3 aromatic rings. The number of benzene rings is 2. The highest BCUT2D eigenvalue weighted by molar-refractivity contribution is 5.78. The van der Waals surface area contributed by atoms with Crippen LogP contribution in [-0.2, 0) is 6.42 Å². The molecule has 0 unspecified atom stereocenters. The molecule has 2 aromatic carbocycles. The van der Waals surface area contributed by atoms with Crippen LogP contribution in [-0.4, -0.2) is 4.98 Å². The molecule has 1 heterocycles. The molecule has 0 fully saturated rings. The number of nitrogens with zero attached hydrogens (tertiary/aromatic N) is 1. The second-order valence-electron chi connectivity index (χ2n) is 4.41. The van der Waals surface area contributed by atoms with Crippen molar-refractivity contribution < 1.29 is 0 Å². The molecule has 0 bridgehead atoms. The lowest BCUT2D eigenvalue weighted by atomic mass is 10.1. The summed E-state index contributed by atoms with van der Waals surface area (Å²) < 4.78 is 0. The fourth-order valence-electron chi connectivity index (χ4n) is 2.05. The maximum absolute atomic E-state index is 5.68. The lowest BCUT2D eigenvalue weighted by molar-refractivity contribution is 1.10. The highest BCUT2D eigenvalue weighted by atomic mass is 14.7. The van der Waals surface area contributed by atoms with Crippen LogP contribution >= 0.6 is 0 Å². The number of hydrogen-bond donors (Lipinski definition) is 1. The Morgan fingerprint density at radius 3 is 2.44 bits per heavy atom. The number of aromatic nitrogens is 1. The third kappa shape index (κ3) is 2.18. The summed E-state index contributed by atoms with van der Waals surface area (Å²) in [5, 5.41) is 1.18. The molecule has 88 valence electrons. The Kier molecular flexibility index (Phi) is 2.69. The molecular formula is C16H14N2. The predicted octanol–water partition coefficient (Wildman–Crippen LogP) is 3.41. The molecular weight excluding hydrogens is 220 g/mol. The molecule has 0 saturated heterocycles. The molecule has 0 radical (unpaired) electrons. The fourth-order valence-corrected chi connectivity index (χ4v) is 2.05. The molecule has 0 saturated carbocycles. The van der Waals surface area contributed by atoms with E-state index in [-0.39, 0.29) is 0 Å². The molecule has 0 spiro atoms. The largest absolute Gasteiger partial charge is 0.399 e. The van der Waals surface area contributed by atoms with Crippen LogP contribution < -0.4 is 5.73 Å². The summed E-state index contributed by atoms with van der Waals surface area (Å²) in [6, 6.07) is 20.3. The van der Waals surface area contributed by atoms with E-state index >= 15 is 0 Å². The van der Waals surface area contributed by atoms with Gasteiger partial charge in [0.05, 0.1) is 5.52 Å². The van der Waals surface area contributed by atoms with Crippen LogP contribution in [0, 0.1) is 0 Å². The Morgan fingerprint density at radius 1 is 0.833 bits per heavy atom. The van der Waals surface area contributed by atoms with Crippen LogP contribution in [0.1, 0.15) is 11.3 Å². The maximum atomic E-state index is 5.68. The van der Waals surface area contributed by atoms with E-state index in [0.29, 0.717) is 0 Å². The van der Waals surface area contributed by atoms with Gasteiger partial charge in [-0.1, -0.05) is 36.4 Å². The van der Waals surface area contributed by atoms with Crippen LogP contribution in [0.15, 0.2) is 60.7 Å². The summed E-state index contributed by atoms with van der Waals surface area (Å²) in [6.07, 6.45) is 0.838. The molecule has 0 aliphatic heterocycles. The molecule has 2 heteroatoms. The van der Waals surface area contributed by atoms with E-state index in [0.717, 1.165) is 23.3 Å². The van der Waals surface area contributed by atoms with Gasteiger partial charge in [-0.3, -0.25) is 4.98 Å². The fraction of sp³-hybridized carbons (Fsp3) is 0.0625. The minimum atomic E-state index is 0.797. The normalized spacial score (nSPS) is 10.7. The van der Waals surface area contributed by atoms with E-state index in [9.17, 15) is 0 Å². The van der Waals surface area contributed by atoms with Crippen molar-refractivity contribution in [3.05, 3.63) is 71.9 Å². The number of para-hydroxylation sites is 1. The Labute approximate surface area is 106 Å². The predicted molar refractivity (Wildman–Crippen MR) is 75.4 cm³/mol. The minimum Gasteiger partial charge on any atom is -0.399 e. The van der Waals surface area contributed by atoms with E-state index in [4.69, 9.17) is 5.73 Å². The van der Waals surface area contributed by atoms with E-state index in [1.54, 1.807) is 0 Å². The van der Waals surface area contributed by atoms with Gasteiger partial charge < -0.3 is 5.73 Å². The Hall–Kier alpha value is -2.35. The number of fused-ring (bicyclic) bond motifs is 1. The zero-order valence-corrected chi connectivity index (χ0v) is 10.0. The van der Waals surface area contributed by atoms with Crippen molar-refractivity contribution in [3.8, 4) is 0 Å². The van der Waals surface area contributed by atoms with Gasteiger partial charge in [0.25, 0.3) is 0 Å². The van der Waals surface area contributed by atoms with Gasteiger partial charge in [0.1, 0.15) is 0 Å². The molecule has 0 atom stereocenters.